The van der Waals surface area contributed by atoms with Crippen molar-refractivity contribution in [2.45, 2.75) is 6.54 Å². The average molecular weight is 223 g/mol. The topological polar surface area (TPSA) is 56.8 Å². The lowest BCUT2D eigenvalue weighted by atomic mass is 10.3. The number of hydrogen-bond donors (Lipinski definition) is 2. The Morgan fingerprint density at radius 3 is 2.93 bits per heavy atom. The second-order valence-corrected chi connectivity index (χ2v) is 4.16. The van der Waals surface area contributed by atoms with Crippen LogP contribution in [0.2, 0.25) is 0 Å². The lowest BCUT2D eigenvalue weighted by Gasteiger charge is -2.05. The maximum Gasteiger partial charge on any atom is 0.225 e. The Bertz CT molecular complexity index is 406. The molecule has 0 aliphatic heterocycles. The van der Waals surface area contributed by atoms with E-state index in [4.69, 9.17) is 0 Å². The Labute approximate surface area is 92.2 Å². The van der Waals surface area contributed by atoms with Crippen molar-refractivity contribution in [3.05, 3.63) is 22.4 Å². The molecule has 80 valence electrons. The van der Waals surface area contributed by atoms with Gasteiger partial charge in [-0.3, -0.25) is 4.98 Å². The van der Waals surface area contributed by atoms with Crippen molar-refractivity contribution in [2.24, 2.45) is 0 Å². The minimum atomic E-state index is 0.699. The van der Waals surface area contributed by atoms with Crippen LogP contribution in [0.15, 0.2) is 16.8 Å². The maximum atomic E-state index is 3.98. The van der Waals surface area contributed by atoms with Crippen LogP contribution in [0.25, 0.3) is 0 Å². The third kappa shape index (κ3) is 2.47. The summed E-state index contributed by atoms with van der Waals surface area (Å²) in [4.78, 5) is 4.95. The van der Waals surface area contributed by atoms with Gasteiger partial charge in [0.1, 0.15) is 0 Å². The number of nitrogens with one attached hydrogen (secondary N) is 2. The van der Waals surface area contributed by atoms with Crippen LogP contribution in [0.4, 0.5) is 11.9 Å². The second-order valence-electron chi connectivity index (χ2n) is 3.38. The first-order chi connectivity index (χ1) is 7.25. The number of anilines is 2. The SMILES string of the molecule is CN(C)c1nnc(NCc2ccsc2)[nH]1. The van der Waals surface area contributed by atoms with Gasteiger partial charge in [-0.05, 0) is 22.4 Å². The average Bonchev–Trinajstić information content (AvgIpc) is 2.86. The Kier molecular flexibility index (Phi) is 2.86. The summed E-state index contributed by atoms with van der Waals surface area (Å²) in [5.74, 6) is 1.45. The summed E-state index contributed by atoms with van der Waals surface area (Å²) in [5.41, 5.74) is 1.25. The van der Waals surface area contributed by atoms with Crippen LogP contribution in [-0.4, -0.2) is 29.3 Å². The molecule has 0 amide bonds. The van der Waals surface area contributed by atoms with Gasteiger partial charge in [-0.25, -0.2) is 0 Å². The quantitative estimate of drug-likeness (QED) is 0.825. The summed E-state index contributed by atoms with van der Waals surface area (Å²) >= 11 is 1.69. The van der Waals surface area contributed by atoms with E-state index in [1.54, 1.807) is 11.3 Å². The van der Waals surface area contributed by atoms with E-state index in [0.717, 1.165) is 12.5 Å². The fourth-order valence-corrected chi connectivity index (χ4v) is 1.78. The van der Waals surface area contributed by atoms with E-state index in [1.165, 1.54) is 5.56 Å². The fraction of sp³-hybridized carbons (Fsp3) is 0.333. The summed E-state index contributed by atoms with van der Waals surface area (Å²) in [5, 5.41) is 15.3. The Morgan fingerprint density at radius 2 is 2.33 bits per heavy atom. The molecule has 2 aromatic rings. The number of rotatable bonds is 4. The van der Waals surface area contributed by atoms with Crippen LogP contribution >= 0.6 is 11.3 Å². The highest BCUT2D eigenvalue weighted by molar-refractivity contribution is 7.07. The van der Waals surface area contributed by atoms with Crippen molar-refractivity contribution in [3.63, 3.8) is 0 Å². The largest absolute Gasteiger partial charge is 0.350 e. The van der Waals surface area contributed by atoms with Crippen LogP contribution in [0, 0.1) is 0 Å². The van der Waals surface area contributed by atoms with Crippen LogP contribution in [-0.2, 0) is 6.54 Å². The predicted octanol–water partition coefficient (Wildman–Crippen LogP) is 1.54. The number of hydrogen-bond acceptors (Lipinski definition) is 5. The van der Waals surface area contributed by atoms with Crippen molar-refractivity contribution in [2.75, 3.05) is 24.3 Å². The summed E-state index contributed by atoms with van der Waals surface area (Å²) < 4.78 is 0. The molecule has 0 radical (unpaired) electrons. The molecule has 0 aliphatic rings. The molecule has 2 N–H and O–H groups in total. The third-order valence-electron chi connectivity index (χ3n) is 1.94. The summed E-state index contributed by atoms with van der Waals surface area (Å²) in [7, 11) is 3.84. The Morgan fingerprint density at radius 1 is 1.47 bits per heavy atom. The van der Waals surface area contributed by atoms with Gasteiger partial charge in [-0.15, -0.1) is 10.2 Å². The summed E-state index contributed by atoms with van der Waals surface area (Å²) in [6.45, 7) is 0.769. The van der Waals surface area contributed by atoms with Crippen molar-refractivity contribution in [3.8, 4) is 0 Å². The lowest BCUT2D eigenvalue weighted by Crippen LogP contribution is -2.10. The highest BCUT2D eigenvalue weighted by atomic mass is 32.1. The highest BCUT2D eigenvalue weighted by Gasteiger charge is 2.03. The molecule has 15 heavy (non-hydrogen) atoms. The molecule has 6 heteroatoms. The molecule has 5 nitrogen and oxygen atoms in total. The number of thiophene rings is 1. The monoisotopic (exact) mass is 223 g/mol. The van der Waals surface area contributed by atoms with Gasteiger partial charge < -0.3 is 10.2 Å². The van der Waals surface area contributed by atoms with Gasteiger partial charge >= 0.3 is 0 Å². The van der Waals surface area contributed by atoms with E-state index in [9.17, 15) is 0 Å². The number of aromatic nitrogens is 3. The first kappa shape index (κ1) is 9.97. The molecule has 0 fully saturated rings. The molecule has 2 heterocycles. The van der Waals surface area contributed by atoms with Crippen LogP contribution in [0.1, 0.15) is 5.56 Å². The number of H-pyrrole nitrogens is 1. The zero-order chi connectivity index (χ0) is 10.7. The number of nitrogens with zero attached hydrogens (tertiary/aromatic N) is 3. The summed E-state index contributed by atoms with van der Waals surface area (Å²) in [6, 6.07) is 2.08. The van der Waals surface area contributed by atoms with Crippen LogP contribution in [0.5, 0.6) is 0 Å². The Balaban J connectivity index is 1.94. The van der Waals surface area contributed by atoms with Gasteiger partial charge in [0.05, 0.1) is 0 Å². The second kappa shape index (κ2) is 4.31. The minimum absolute atomic E-state index is 0.699. The smallest absolute Gasteiger partial charge is 0.225 e. The highest BCUT2D eigenvalue weighted by Crippen LogP contribution is 2.10. The van der Waals surface area contributed by atoms with E-state index < -0.39 is 0 Å². The summed E-state index contributed by atoms with van der Waals surface area (Å²) in [6.07, 6.45) is 0. The fourth-order valence-electron chi connectivity index (χ4n) is 1.11. The van der Waals surface area contributed by atoms with E-state index in [2.05, 4.69) is 37.3 Å². The van der Waals surface area contributed by atoms with Gasteiger partial charge in [-0.1, -0.05) is 0 Å². The molecular formula is C9H13N5S. The standard InChI is InChI=1S/C9H13N5S/c1-14(2)9-11-8(12-13-9)10-5-7-3-4-15-6-7/h3-4,6H,5H2,1-2H3,(H2,10,11,12,13). The molecule has 0 saturated heterocycles. The molecule has 0 aromatic carbocycles. The zero-order valence-corrected chi connectivity index (χ0v) is 9.51. The van der Waals surface area contributed by atoms with Gasteiger partial charge in [-0.2, -0.15) is 11.3 Å². The van der Waals surface area contributed by atoms with E-state index in [-0.39, 0.29) is 0 Å². The third-order valence-corrected chi connectivity index (χ3v) is 2.67. The van der Waals surface area contributed by atoms with Gasteiger partial charge in [0, 0.05) is 20.6 Å². The van der Waals surface area contributed by atoms with Gasteiger partial charge in [0.15, 0.2) is 0 Å². The number of aromatic amines is 1. The molecule has 0 unspecified atom stereocenters. The molecular weight excluding hydrogens is 210 g/mol. The molecule has 0 spiro atoms. The van der Waals surface area contributed by atoms with Crippen LogP contribution < -0.4 is 10.2 Å². The first-order valence-electron chi connectivity index (χ1n) is 4.60. The van der Waals surface area contributed by atoms with E-state index in [0.29, 0.717) is 5.95 Å². The predicted molar refractivity (Wildman–Crippen MR) is 62.4 cm³/mol. The van der Waals surface area contributed by atoms with Crippen molar-refractivity contribution >= 4 is 23.2 Å². The van der Waals surface area contributed by atoms with E-state index in [1.807, 2.05) is 19.0 Å². The minimum Gasteiger partial charge on any atom is -0.350 e. The molecule has 2 aromatic heterocycles. The first-order valence-corrected chi connectivity index (χ1v) is 5.55. The normalized spacial score (nSPS) is 10.3. The molecule has 2 rings (SSSR count). The Hall–Kier alpha value is -1.56. The van der Waals surface area contributed by atoms with Crippen molar-refractivity contribution < 1.29 is 0 Å². The lowest BCUT2D eigenvalue weighted by molar-refractivity contribution is 0.996. The maximum absolute atomic E-state index is 3.98. The van der Waals surface area contributed by atoms with E-state index >= 15 is 0 Å². The van der Waals surface area contributed by atoms with Crippen molar-refractivity contribution in [1.82, 2.24) is 15.2 Å². The zero-order valence-electron chi connectivity index (χ0n) is 8.69. The van der Waals surface area contributed by atoms with Crippen molar-refractivity contribution in [1.29, 1.82) is 0 Å². The molecule has 0 bridgehead atoms. The molecule has 0 aliphatic carbocycles. The van der Waals surface area contributed by atoms with Gasteiger partial charge in [0.2, 0.25) is 11.9 Å². The molecule has 0 atom stereocenters. The van der Waals surface area contributed by atoms with Gasteiger partial charge in [0.25, 0.3) is 0 Å². The molecule has 0 saturated carbocycles. The van der Waals surface area contributed by atoms with Crippen LogP contribution in [0.3, 0.4) is 0 Å².